The molecule has 0 spiro atoms. The molecule has 0 saturated carbocycles. The number of halogens is 3. The molecule has 2 nitrogen and oxygen atoms in total. The van der Waals surface area contributed by atoms with Gasteiger partial charge in [0.1, 0.15) is 11.6 Å². The summed E-state index contributed by atoms with van der Waals surface area (Å²) in [5.41, 5.74) is 1.61. The lowest BCUT2D eigenvalue weighted by Crippen LogP contribution is -2.13. The van der Waals surface area contributed by atoms with E-state index in [4.69, 9.17) is 6.42 Å². The van der Waals surface area contributed by atoms with Crippen LogP contribution in [0, 0.1) is 34.7 Å². The Morgan fingerprint density at radius 1 is 1.21 bits per heavy atom. The van der Waals surface area contributed by atoms with E-state index >= 15 is 0 Å². The second-order valence-corrected chi connectivity index (χ2v) is 5.58. The van der Waals surface area contributed by atoms with Gasteiger partial charge in [0.2, 0.25) is 0 Å². The van der Waals surface area contributed by atoms with Gasteiger partial charge in [0.25, 0.3) is 0 Å². The average Bonchev–Trinajstić information content (AvgIpc) is 3.00. The Labute approximate surface area is 146 Å². The molecule has 3 rings (SSSR count). The number of hydrogen-bond acceptors (Lipinski definition) is 1. The Morgan fingerprint density at radius 3 is 2.79 bits per heavy atom. The van der Waals surface area contributed by atoms with Crippen LogP contribution in [0.4, 0.5) is 8.78 Å². The Kier molecular flexibility index (Phi) is 4.64. The Balaban J connectivity index is 2.13. The minimum atomic E-state index is -0.549. The van der Waals surface area contributed by atoms with Gasteiger partial charge in [-0.1, -0.05) is 11.8 Å². The molecule has 0 amide bonds. The van der Waals surface area contributed by atoms with Crippen molar-refractivity contribution in [3.63, 3.8) is 0 Å². The zero-order valence-corrected chi connectivity index (χ0v) is 14.0. The molecule has 118 valence electrons. The molecule has 0 N–H and O–H groups in total. The fourth-order valence-corrected chi connectivity index (χ4v) is 2.70. The van der Waals surface area contributed by atoms with Gasteiger partial charge in [0, 0.05) is 45.1 Å². The topological polar surface area (TPSA) is 17.8 Å². The van der Waals surface area contributed by atoms with E-state index in [1.807, 2.05) is 12.1 Å². The molecule has 1 atom stereocenters. The number of aromatic nitrogens is 2. The van der Waals surface area contributed by atoms with Crippen molar-refractivity contribution in [2.45, 2.75) is 12.5 Å². The second kappa shape index (κ2) is 6.86. The van der Waals surface area contributed by atoms with Gasteiger partial charge in [-0.05, 0) is 41.2 Å². The zero-order chi connectivity index (χ0) is 17.1. The predicted octanol–water partition coefficient (Wildman–Crippen LogP) is 4.63. The van der Waals surface area contributed by atoms with Crippen molar-refractivity contribution in [1.82, 2.24) is 9.78 Å². The van der Waals surface area contributed by atoms with E-state index in [0.29, 0.717) is 11.1 Å². The molecule has 2 aromatic carbocycles. The van der Waals surface area contributed by atoms with Crippen LogP contribution in [-0.4, -0.2) is 9.78 Å². The van der Waals surface area contributed by atoms with E-state index in [-0.39, 0.29) is 12.0 Å². The zero-order valence-electron chi connectivity index (χ0n) is 12.4. The molecule has 0 aliphatic heterocycles. The highest BCUT2D eigenvalue weighted by atomic mass is 79.9. The maximum absolute atomic E-state index is 14.2. The molecule has 0 radical (unpaired) electrons. The third-order valence-corrected chi connectivity index (χ3v) is 3.97. The minimum absolute atomic E-state index is 0.204. The first-order valence-electron chi connectivity index (χ1n) is 7.11. The van der Waals surface area contributed by atoms with Gasteiger partial charge in [0.05, 0.1) is 11.6 Å². The maximum Gasteiger partial charge on any atom is 0.128 e. The molecule has 0 saturated heterocycles. The first kappa shape index (κ1) is 16.2. The summed E-state index contributed by atoms with van der Waals surface area (Å²) >= 11 is 3.03. The quantitative estimate of drug-likeness (QED) is 0.601. The van der Waals surface area contributed by atoms with Gasteiger partial charge in [-0.2, -0.15) is 5.10 Å². The molecular weight excluding hydrogens is 374 g/mol. The van der Waals surface area contributed by atoms with Crippen molar-refractivity contribution < 1.29 is 8.78 Å². The van der Waals surface area contributed by atoms with Crippen molar-refractivity contribution in [2.24, 2.45) is 0 Å². The Hall–Kier alpha value is -2.63. The second-order valence-electron chi connectivity index (χ2n) is 5.18. The van der Waals surface area contributed by atoms with E-state index in [9.17, 15) is 8.78 Å². The number of nitrogens with zero attached hydrogens (tertiary/aromatic N) is 2. The summed E-state index contributed by atoms with van der Waals surface area (Å²) in [6.45, 7) is 0. The van der Waals surface area contributed by atoms with Gasteiger partial charge in [-0.25, -0.2) is 8.78 Å². The first-order valence-corrected chi connectivity index (χ1v) is 7.90. The molecular formula is C19H11BrF2N2. The van der Waals surface area contributed by atoms with E-state index < -0.39 is 17.7 Å². The summed E-state index contributed by atoms with van der Waals surface area (Å²) in [6, 6.07) is 8.26. The van der Waals surface area contributed by atoms with Crippen molar-refractivity contribution in [3.05, 3.63) is 65.4 Å². The van der Waals surface area contributed by atoms with E-state index in [2.05, 4.69) is 37.7 Å². The fraction of sp³-hybridized carbons (Fsp3) is 0.105. The lowest BCUT2D eigenvalue weighted by atomic mass is 10.0. The maximum atomic E-state index is 14.2. The van der Waals surface area contributed by atoms with Crippen LogP contribution in [0.3, 0.4) is 0 Å². The summed E-state index contributed by atoms with van der Waals surface area (Å²) < 4.78 is 29.4. The smallest absolute Gasteiger partial charge is 0.128 e. The van der Waals surface area contributed by atoms with Gasteiger partial charge < -0.3 is 0 Å². The number of terminal acetylenes is 1. The normalized spacial score (nSPS) is 11.6. The third-order valence-electron chi connectivity index (χ3n) is 3.69. The van der Waals surface area contributed by atoms with Crippen LogP contribution in [0.5, 0.6) is 0 Å². The molecule has 1 aromatic heterocycles. The van der Waals surface area contributed by atoms with Crippen LogP contribution >= 0.6 is 15.9 Å². The van der Waals surface area contributed by atoms with Crippen molar-refractivity contribution >= 4 is 26.8 Å². The number of rotatable bonds is 3. The summed E-state index contributed by atoms with van der Waals surface area (Å²) in [7, 11) is 0. The lowest BCUT2D eigenvalue weighted by molar-refractivity contribution is 0.495. The highest BCUT2D eigenvalue weighted by Gasteiger charge is 2.19. The van der Waals surface area contributed by atoms with Crippen LogP contribution in [-0.2, 0) is 0 Å². The Morgan fingerprint density at radius 2 is 2.04 bits per heavy atom. The number of benzene rings is 2. The molecule has 1 unspecified atom stereocenters. The summed E-state index contributed by atoms with van der Waals surface area (Å²) in [5, 5.41) is 5.33. The van der Waals surface area contributed by atoms with Crippen molar-refractivity contribution in [1.29, 1.82) is 0 Å². The standard InChI is InChI=1S/C19H11BrF2N2/c1-2-13-5-6-14-12-24(23-18(14)10-13)19(4-3-9-20)16-11-15(21)7-8-17(16)22/h1,5-8,10-12,19H,4H2. The lowest BCUT2D eigenvalue weighted by Gasteiger charge is -2.16. The first-order chi connectivity index (χ1) is 11.6. The summed E-state index contributed by atoms with van der Waals surface area (Å²) in [4.78, 5) is 2.60. The van der Waals surface area contributed by atoms with Crippen LogP contribution in [0.2, 0.25) is 0 Å². The fourth-order valence-electron chi connectivity index (χ4n) is 2.54. The minimum Gasteiger partial charge on any atom is -0.263 e. The molecule has 0 fully saturated rings. The number of hydrogen-bond donors (Lipinski definition) is 0. The van der Waals surface area contributed by atoms with Crippen LogP contribution in [0.25, 0.3) is 10.9 Å². The van der Waals surface area contributed by atoms with Gasteiger partial charge in [0.15, 0.2) is 0 Å². The van der Waals surface area contributed by atoms with Crippen LogP contribution in [0.15, 0.2) is 42.6 Å². The average molecular weight is 385 g/mol. The molecule has 0 aliphatic rings. The van der Waals surface area contributed by atoms with Crippen molar-refractivity contribution in [3.8, 4) is 23.1 Å². The van der Waals surface area contributed by atoms with E-state index in [1.165, 1.54) is 6.07 Å². The SMILES string of the molecule is C#Cc1ccc2cn(C(CC#CBr)c3cc(F)ccc3F)nc2c1. The molecule has 3 aromatic rings. The third kappa shape index (κ3) is 3.18. The molecule has 1 heterocycles. The molecule has 0 aliphatic carbocycles. The van der Waals surface area contributed by atoms with Crippen LogP contribution < -0.4 is 0 Å². The molecule has 5 heteroatoms. The monoisotopic (exact) mass is 384 g/mol. The van der Waals surface area contributed by atoms with E-state index in [0.717, 1.165) is 17.5 Å². The molecule has 0 bridgehead atoms. The number of fused-ring (bicyclic) bond motifs is 1. The van der Waals surface area contributed by atoms with E-state index in [1.54, 1.807) is 16.9 Å². The molecule has 24 heavy (non-hydrogen) atoms. The highest BCUT2D eigenvalue weighted by Crippen LogP contribution is 2.27. The van der Waals surface area contributed by atoms with Crippen LogP contribution in [0.1, 0.15) is 23.6 Å². The summed E-state index contributed by atoms with van der Waals surface area (Å²) in [6.07, 6.45) is 7.46. The predicted molar refractivity (Wildman–Crippen MR) is 93.5 cm³/mol. The Bertz CT molecular complexity index is 1010. The summed E-state index contributed by atoms with van der Waals surface area (Å²) in [5.74, 6) is 4.39. The van der Waals surface area contributed by atoms with Gasteiger partial charge >= 0.3 is 0 Å². The largest absolute Gasteiger partial charge is 0.263 e. The van der Waals surface area contributed by atoms with Gasteiger partial charge in [-0.15, -0.1) is 6.42 Å². The van der Waals surface area contributed by atoms with Crippen molar-refractivity contribution in [2.75, 3.05) is 0 Å². The van der Waals surface area contributed by atoms with Gasteiger partial charge in [-0.3, -0.25) is 4.68 Å². The highest BCUT2D eigenvalue weighted by molar-refractivity contribution is 9.12.